The van der Waals surface area contributed by atoms with Crippen LogP contribution in [-0.4, -0.2) is 15.2 Å². The van der Waals surface area contributed by atoms with Crippen LogP contribution in [0.15, 0.2) is 88.6 Å². The minimum atomic E-state index is -0.248. The molecule has 4 N–H and O–H groups in total. The molecule has 0 amide bonds. The van der Waals surface area contributed by atoms with Gasteiger partial charge in [-0.15, -0.1) is 0 Å². The maximum atomic E-state index is 13.1. The van der Waals surface area contributed by atoms with Crippen molar-refractivity contribution in [2.24, 2.45) is 12.0 Å². The van der Waals surface area contributed by atoms with E-state index in [2.05, 4.69) is 5.32 Å². The van der Waals surface area contributed by atoms with Gasteiger partial charge in [0, 0.05) is 25.5 Å². The van der Waals surface area contributed by atoms with Crippen molar-refractivity contribution < 1.29 is 4.39 Å². The molecule has 8 heteroatoms. The molecule has 0 saturated heterocycles. The molecule has 194 valence electrons. The smallest absolute Gasteiger partial charge is 0.265 e. The van der Waals surface area contributed by atoms with E-state index in [9.17, 15) is 9.18 Å². The fourth-order valence-corrected chi connectivity index (χ4v) is 5.06. The Labute approximate surface area is 219 Å². The van der Waals surface area contributed by atoms with E-state index in [-0.39, 0.29) is 28.9 Å². The number of hydrogen-bond acceptors (Lipinski definition) is 5. The van der Waals surface area contributed by atoms with E-state index in [1.165, 1.54) is 12.1 Å². The van der Waals surface area contributed by atoms with E-state index >= 15 is 0 Å². The van der Waals surface area contributed by atoms with E-state index < -0.39 is 0 Å². The number of nitrogens with zero attached hydrogens (tertiary/aromatic N) is 3. The Morgan fingerprint density at radius 1 is 1.03 bits per heavy atom. The van der Waals surface area contributed by atoms with Gasteiger partial charge >= 0.3 is 0 Å². The first-order chi connectivity index (χ1) is 18.4. The number of nitrogen functional groups attached to an aromatic ring is 1. The van der Waals surface area contributed by atoms with Crippen LogP contribution in [0.5, 0.6) is 0 Å². The van der Waals surface area contributed by atoms with Crippen LogP contribution in [0, 0.1) is 11.2 Å². The summed E-state index contributed by atoms with van der Waals surface area (Å²) in [4.78, 5) is 17.5. The summed E-state index contributed by atoms with van der Waals surface area (Å²) in [6.07, 6.45) is 4.78. The number of fused-ring (bicyclic) bond motifs is 3. The molecule has 0 spiro atoms. The number of para-hydroxylation sites is 1. The molecule has 1 fully saturated rings. The molecule has 1 aromatic heterocycles. The van der Waals surface area contributed by atoms with E-state index in [4.69, 9.17) is 16.1 Å². The molecular weight excluding hydrogens is 479 g/mol. The normalized spacial score (nSPS) is 17.7. The van der Waals surface area contributed by atoms with Gasteiger partial charge in [-0.2, -0.15) is 0 Å². The van der Waals surface area contributed by atoms with Crippen molar-refractivity contribution >= 4 is 11.9 Å². The average molecular weight is 511 g/mol. The lowest BCUT2D eigenvalue weighted by atomic mass is 10.0. The van der Waals surface area contributed by atoms with Crippen LogP contribution in [0.2, 0.25) is 0 Å². The van der Waals surface area contributed by atoms with Crippen LogP contribution < -0.4 is 32.9 Å². The van der Waals surface area contributed by atoms with Crippen molar-refractivity contribution in [2.75, 3.05) is 5.73 Å². The number of nitrogens with two attached hydrogens (primary N) is 1. The van der Waals surface area contributed by atoms with Gasteiger partial charge in [-0.1, -0.05) is 54.6 Å². The number of rotatable bonds is 4. The summed E-state index contributed by atoms with van der Waals surface area (Å²) in [5.74, 6) is -0.248. The number of benzene rings is 3. The zero-order chi connectivity index (χ0) is 26.6. The predicted molar refractivity (Wildman–Crippen MR) is 147 cm³/mol. The molecule has 2 aliphatic rings. The minimum Gasteiger partial charge on any atom is -0.399 e. The third kappa shape index (κ3) is 5.16. The van der Waals surface area contributed by atoms with Crippen LogP contribution in [0.3, 0.4) is 0 Å². The Kier molecular flexibility index (Phi) is 7.22. The van der Waals surface area contributed by atoms with Crippen molar-refractivity contribution in [2.45, 2.75) is 37.9 Å². The van der Waals surface area contributed by atoms with Crippen LogP contribution in [-0.2, 0) is 13.6 Å². The van der Waals surface area contributed by atoms with Crippen LogP contribution in [0.1, 0.15) is 30.9 Å². The average Bonchev–Trinajstić information content (AvgIpc) is 3.53. The van der Waals surface area contributed by atoms with E-state index in [1.54, 1.807) is 29.9 Å². The Balaban J connectivity index is 0.000000366. The van der Waals surface area contributed by atoms with Crippen LogP contribution >= 0.6 is 0 Å². The molecule has 1 aliphatic carbocycles. The van der Waals surface area contributed by atoms with Crippen molar-refractivity contribution in [3.63, 3.8) is 0 Å². The van der Waals surface area contributed by atoms with Crippen LogP contribution in [0.4, 0.5) is 10.1 Å². The first-order valence-electron chi connectivity index (χ1n) is 12.8. The molecule has 2 atom stereocenters. The highest BCUT2D eigenvalue weighted by molar-refractivity contribution is 5.63. The van der Waals surface area contributed by atoms with Gasteiger partial charge in [0.2, 0.25) is 5.62 Å². The second kappa shape index (κ2) is 10.9. The van der Waals surface area contributed by atoms with Gasteiger partial charge in [0.05, 0.1) is 17.3 Å². The zero-order valence-corrected chi connectivity index (χ0v) is 21.3. The Hall–Kier alpha value is -4.46. The number of anilines is 1. The molecule has 0 bridgehead atoms. The quantitative estimate of drug-likeness (QED) is 0.368. The first-order valence-corrected chi connectivity index (χ1v) is 12.8. The molecule has 2 heterocycles. The summed E-state index contributed by atoms with van der Waals surface area (Å²) in [6.45, 7) is 0.532. The monoisotopic (exact) mass is 510 g/mol. The molecule has 1 unspecified atom stereocenters. The SMILES string of the molecule is Cn1c(=O)/c(=C/NCc2ccc(-c3ccc(F)cc3)cc2)c(=N)n2c1=NC1CCC[C@@H]12.Nc1ccccc1. The number of hydrogen-bond donors (Lipinski definition) is 3. The van der Waals surface area contributed by atoms with Gasteiger partial charge in [0.1, 0.15) is 11.3 Å². The van der Waals surface area contributed by atoms with E-state index in [0.29, 0.717) is 17.4 Å². The van der Waals surface area contributed by atoms with Gasteiger partial charge in [-0.25, -0.2) is 9.38 Å². The Morgan fingerprint density at radius 2 is 1.68 bits per heavy atom. The van der Waals surface area contributed by atoms with Gasteiger partial charge < -0.3 is 11.1 Å². The summed E-state index contributed by atoms with van der Waals surface area (Å²) in [5.41, 5.74) is 9.83. The third-order valence-corrected chi connectivity index (χ3v) is 7.09. The molecule has 7 nitrogen and oxygen atoms in total. The highest BCUT2D eigenvalue weighted by Gasteiger charge is 2.34. The molecule has 0 radical (unpaired) electrons. The molecule has 6 rings (SSSR count). The molecule has 1 aliphatic heterocycles. The second-order valence-electron chi connectivity index (χ2n) is 9.63. The Bertz CT molecular complexity index is 1660. The molecule has 38 heavy (non-hydrogen) atoms. The maximum absolute atomic E-state index is 13.1. The van der Waals surface area contributed by atoms with E-state index in [0.717, 1.165) is 41.6 Å². The number of halogens is 1. The minimum absolute atomic E-state index is 0.192. The van der Waals surface area contributed by atoms with Crippen molar-refractivity contribution in [1.29, 1.82) is 5.41 Å². The highest BCUT2D eigenvalue weighted by atomic mass is 19.1. The molecular formula is C30H31FN6O. The molecule has 3 aromatic carbocycles. The van der Waals surface area contributed by atoms with Gasteiger partial charge in [0.15, 0.2) is 0 Å². The first kappa shape index (κ1) is 25.2. The highest BCUT2D eigenvalue weighted by Crippen LogP contribution is 2.32. The molecule has 4 aromatic rings. The van der Waals surface area contributed by atoms with Gasteiger partial charge in [-0.3, -0.25) is 19.3 Å². The van der Waals surface area contributed by atoms with Crippen molar-refractivity contribution in [3.05, 3.63) is 117 Å². The van der Waals surface area contributed by atoms with Gasteiger partial charge in [0.25, 0.3) is 5.56 Å². The third-order valence-electron chi connectivity index (χ3n) is 7.09. The topological polar surface area (TPSA) is 101 Å². The van der Waals surface area contributed by atoms with Crippen molar-refractivity contribution in [1.82, 2.24) is 14.5 Å². The number of nitrogens with one attached hydrogen (secondary N) is 2. The summed E-state index contributed by atoms with van der Waals surface area (Å²) >= 11 is 0. The largest absolute Gasteiger partial charge is 0.399 e. The fourth-order valence-electron chi connectivity index (χ4n) is 5.06. The van der Waals surface area contributed by atoms with E-state index in [1.807, 2.05) is 59.2 Å². The zero-order valence-electron chi connectivity index (χ0n) is 21.3. The summed E-state index contributed by atoms with van der Waals surface area (Å²) in [6, 6.07) is 24.3. The fraction of sp³-hybridized carbons (Fsp3) is 0.233. The lowest BCUT2D eigenvalue weighted by Crippen LogP contribution is -2.57. The lowest BCUT2D eigenvalue weighted by Gasteiger charge is -2.13. The lowest BCUT2D eigenvalue weighted by molar-refractivity contribution is 0.466. The summed E-state index contributed by atoms with van der Waals surface area (Å²) in [7, 11) is 1.73. The molecule has 1 saturated carbocycles. The predicted octanol–water partition coefficient (Wildman–Crippen LogP) is 3.00. The van der Waals surface area contributed by atoms with Crippen molar-refractivity contribution in [3.8, 4) is 11.1 Å². The standard InChI is InChI=1S/C24H24FN5O.C6H7N/c1-29-23(31)19(22(26)30-21-4-2-3-20(21)28-24(29)30)14-27-13-15-5-7-16(8-6-15)17-9-11-18(25)12-10-17;7-6-4-2-1-3-5-6/h5-12,14,20-21,26-27H,2-4,13H2,1H3;1-5H,7H2/b19-14+,26-22?;/t20?,21-;/m0./s1. The summed E-state index contributed by atoms with van der Waals surface area (Å²) < 4.78 is 16.6. The second-order valence-corrected chi connectivity index (χ2v) is 9.63. The summed E-state index contributed by atoms with van der Waals surface area (Å²) in [5, 5.41) is 12.2. The Morgan fingerprint density at radius 3 is 2.32 bits per heavy atom. The number of aromatic nitrogens is 2. The van der Waals surface area contributed by atoms with Gasteiger partial charge in [-0.05, 0) is 60.2 Å². The maximum Gasteiger partial charge on any atom is 0.265 e. The van der Waals surface area contributed by atoms with Crippen LogP contribution in [0.25, 0.3) is 17.3 Å².